The smallest absolute Gasteiger partial charge is 0.0443 e. The van der Waals surface area contributed by atoms with Gasteiger partial charge in [-0.1, -0.05) is 60.7 Å². The molecule has 0 aromatic heterocycles. The van der Waals surface area contributed by atoms with Crippen molar-refractivity contribution < 1.29 is 0 Å². The summed E-state index contributed by atoms with van der Waals surface area (Å²) in [6, 6.07) is 22.1. The summed E-state index contributed by atoms with van der Waals surface area (Å²) in [4.78, 5) is 2.66. The van der Waals surface area contributed by atoms with Gasteiger partial charge in [-0.05, 0) is 49.9 Å². The van der Waals surface area contributed by atoms with Gasteiger partial charge in [0.05, 0.1) is 0 Å². The van der Waals surface area contributed by atoms with Crippen molar-refractivity contribution in [2.24, 2.45) is 11.7 Å². The molecule has 0 saturated carbocycles. The van der Waals surface area contributed by atoms with Gasteiger partial charge in [-0.2, -0.15) is 0 Å². The SMILES string of the molecule is CC1(C(c2ccccc2)c2ccccc2)C(N)C2CCN1CC2. The van der Waals surface area contributed by atoms with Crippen molar-refractivity contribution in [2.45, 2.75) is 37.3 Å². The van der Waals surface area contributed by atoms with Crippen LogP contribution >= 0.6 is 0 Å². The fraction of sp³-hybridized carbons (Fsp3) is 0.429. The lowest BCUT2D eigenvalue weighted by Gasteiger charge is -2.60. The maximum absolute atomic E-state index is 6.83. The lowest BCUT2D eigenvalue weighted by atomic mass is 9.62. The van der Waals surface area contributed by atoms with Crippen LogP contribution in [0.5, 0.6) is 0 Å². The van der Waals surface area contributed by atoms with E-state index in [4.69, 9.17) is 5.73 Å². The normalized spacial score (nSPS) is 33.1. The van der Waals surface area contributed by atoms with Gasteiger partial charge in [0.1, 0.15) is 0 Å². The van der Waals surface area contributed by atoms with E-state index in [0.717, 1.165) is 0 Å². The Bertz CT molecular complexity index is 603. The molecule has 2 bridgehead atoms. The molecule has 0 spiro atoms. The molecule has 3 fully saturated rings. The summed E-state index contributed by atoms with van der Waals surface area (Å²) in [5, 5.41) is 0. The Morgan fingerprint density at radius 3 is 1.83 bits per heavy atom. The van der Waals surface area contributed by atoms with Crippen molar-refractivity contribution >= 4 is 0 Å². The van der Waals surface area contributed by atoms with Gasteiger partial charge < -0.3 is 5.73 Å². The summed E-state index contributed by atoms with van der Waals surface area (Å²) in [5.41, 5.74) is 9.58. The summed E-state index contributed by atoms with van der Waals surface area (Å²) in [7, 11) is 0. The van der Waals surface area contributed by atoms with Gasteiger partial charge in [0.25, 0.3) is 0 Å². The summed E-state index contributed by atoms with van der Waals surface area (Å²) >= 11 is 0. The van der Waals surface area contributed by atoms with Gasteiger partial charge >= 0.3 is 0 Å². The molecule has 3 heterocycles. The predicted molar refractivity (Wildman–Crippen MR) is 95.4 cm³/mol. The second-order valence-electron chi connectivity index (χ2n) is 7.33. The summed E-state index contributed by atoms with van der Waals surface area (Å²) in [5.74, 6) is 0.989. The second kappa shape index (κ2) is 5.77. The van der Waals surface area contributed by atoms with E-state index in [1.165, 1.54) is 37.1 Å². The molecule has 3 aliphatic rings. The molecule has 3 aliphatic heterocycles. The first-order valence-corrected chi connectivity index (χ1v) is 8.82. The van der Waals surface area contributed by atoms with E-state index in [2.05, 4.69) is 72.5 Å². The molecule has 2 atom stereocenters. The zero-order chi connectivity index (χ0) is 15.9. The van der Waals surface area contributed by atoms with Crippen molar-refractivity contribution in [3.8, 4) is 0 Å². The average molecular weight is 306 g/mol. The van der Waals surface area contributed by atoms with Crippen molar-refractivity contribution in [3.05, 3.63) is 71.8 Å². The number of rotatable bonds is 3. The van der Waals surface area contributed by atoms with Crippen molar-refractivity contribution in [1.29, 1.82) is 0 Å². The van der Waals surface area contributed by atoms with E-state index in [9.17, 15) is 0 Å². The van der Waals surface area contributed by atoms with Crippen LogP contribution in [0.3, 0.4) is 0 Å². The number of piperidine rings is 3. The molecule has 0 amide bonds. The van der Waals surface area contributed by atoms with Crippen LogP contribution in [-0.4, -0.2) is 29.6 Å². The molecule has 2 aromatic carbocycles. The molecule has 5 rings (SSSR count). The highest BCUT2D eigenvalue weighted by Crippen LogP contribution is 2.48. The Morgan fingerprint density at radius 2 is 1.39 bits per heavy atom. The summed E-state index contributed by atoms with van der Waals surface area (Å²) < 4.78 is 0. The molecule has 0 aliphatic carbocycles. The Labute approximate surface area is 139 Å². The zero-order valence-corrected chi connectivity index (χ0v) is 13.9. The zero-order valence-electron chi connectivity index (χ0n) is 13.9. The molecule has 2 nitrogen and oxygen atoms in total. The molecule has 3 saturated heterocycles. The quantitative estimate of drug-likeness (QED) is 0.938. The lowest BCUT2D eigenvalue weighted by molar-refractivity contribution is -0.0473. The van der Waals surface area contributed by atoms with Crippen molar-refractivity contribution in [1.82, 2.24) is 4.90 Å². The fourth-order valence-corrected chi connectivity index (χ4v) is 4.96. The monoisotopic (exact) mass is 306 g/mol. The van der Waals surface area contributed by atoms with Crippen molar-refractivity contribution in [3.63, 3.8) is 0 Å². The van der Waals surface area contributed by atoms with Gasteiger partial charge in [0.2, 0.25) is 0 Å². The molecule has 2 unspecified atom stereocenters. The standard InChI is InChI=1S/C21H26N2/c1-21(20(22)18-12-14-23(21)15-13-18)19(16-8-4-2-5-9-16)17-10-6-3-7-11-17/h2-11,18-20H,12-15,22H2,1H3. The Kier molecular flexibility index (Phi) is 3.74. The van der Waals surface area contributed by atoms with Crippen LogP contribution in [0.4, 0.5) is 0 Å². The number of benzene rings is 2. The molecule has 2 heteroatoms. The highest BCUT2D eigenvalue weighted by molar-refractivity contribution is 5.38. The molecule has 0 radical (unpaired) electrons. The Morgan fingerprint density at radius 1 is 0.913 bits per heavy atom. The first kappa shape index (κ1) is 14.9. The van der Waals surface area contributed by atoms with Crippen LogP contribution in [0.2, 0.25) is 0 Å². The first-order valence-electron chi connectivity index (χ1n) is 8.82. The molecular weight excluding hydrogens is 280 g/mol. The summed E-state index contributed by atoms with van der Waals surface area (Å²) in [6.07, 6.45) is 2.51. The third kappa shape index (κ3) is 2.32. The van der Waals surface area contributed by atoms with Crippen LogP contribution in [0.15, 0.2) is 60.7 Å². The van der Waals surface area contributed by atoms with Gasteiger partial charge in [0.15, 0.2) is 0 Å². The average Bonchev–Trinajstić information content (AvgIpc) is 2.62. The number of hydrogen-bond donors (Lipinski definition) is 1. The predicted octanol–water partition coefficient (Wildman–Crippen LogP) is 3.63. The highest BCUT2D eigenvalue weighted by atomic mass is 15.2. The Balaban J connectivity index is 1.85. The minimum Gasteiger partial charge on any atom is -0.326 e. The van der Waals surface area contributed by atoms with Crippen molar-refractivity contribution in [2.75, 3.05) is 13.1 Å². The largest absolute Gasteiger partial charge is 0.326 e. The van der Waals surface area contributed by atoms with E-state index in [0.29, 0.717) is 11.8 Å². The molecule has 2 aromatic rings. The molecule has 23 heavy (non-hydrogen) atoms. The maximum Gasteiger partial charge on any atom is 0.0443 e. The molecule has 2 N–H and O–H groups in total. The van der Waals surface area contributed by atoms with Crippen LogP contribution in [0, 0.1) is 5.92 Å². The van der Waals surface area contributed by atoms with Crippen LogP contribution in [0.1, 0.15) is 36.8 Å². The van der Waals surface area contributed by atoms with Crippen LogP contribution < -0.4 is 5.73 Å². The van der Waals surface area contributed by atoms with Gasteiger partial charge in [-0.15, -0.1) is 0 Å². The third-order valence-corrected chi connectivity index (χ3v) is 6.25. The van der Waals surface area contributed by atoms with Gasteiger partial charge in [0, 0.05) is 17.5 Å². The number of fused-ring (bicyclic) bond motifs is 3. The third-order valence-electron chi connectivity index (χ3n) is 6.25. The van der Waals surface area contributed by atoms with Crippen LogP contribution in [0.25, 0.3) is 0 Å². The number of nitrogens with zero attached hydrogens (tertiary/aromatic N) is 1. The number of hydrogen-bond acceptors (Lipinski definition) is 2. The van der Waals surface area contributed by atoms with E-state index < -0.39 is 0 Å². The molecular formula is C21H26N2. The maximum atomic E-state index is 6.83. The second-order valence-corrected chi connectivity index (χ2v) is 7.33. The first-order chi connectivity index (χ1) is 11.2. The minimum absolute atomic E-state index is 0.0100. The van der Waals surface area contributed by atoms with E-state index in [1.807, 2.05) is 0 Å². The minimum atomic E-state index is -0.0100. The van der Waals surface area contributed by atoms with Crippen LogP contribution in [-0.2, 0) is 0 Å². The van der Waals surface area contributed by atoms with E-state index in [1.54, 1.807) is 0 Å². The highest BCUT2D eigenvalue weighted by Gasteiger charge is 2.53. The summed E-state index contributed by atoms with van der Waals surface area (Å²) in [6.45, 7) is 4.77. The van der Waals surface area contributed by atoms with E-state index in [-0.39, 0.29) is 11.6 Å². The lowest BCUT2D eigenvalue weighted by Crippen LogP contribution is -2.70. The topological polar surface area (TPSA) is 29.3 Å². The van der Waals surface area contributed by atoms with Gasteiger partial charge in [-0.3, -0.25) is 4.90 Å². The van der Waals surface area contributed by atoms with E-state index >= 15 is 0 Å². The van der Waals surface area contributed by atoms with Gasteiger partial charge in [-0.25, -0.2) is 0 Å². The Hall–Kier alpha value is -1.64. The molecule has 120 valence electrons. The number of nitrogens with two attached hydrogens (primary N) is 1. The fourth-order valence-electron chi connectivity index (χ4n) is 4.96.